The van der Waals surface area contributed by atoms with E-state index in [2.05, 4.69) is 10.2 Å². The maximum atomic E-state index is 12.3. The zero-order valence-corrected chi connectivity index (χ0v) is 10.7. The number of hydrogen-bond acceptors (Lipinski definition) is 2. The standard InChI is InChI=1S/C15H17N3O/c19-15(16-14-10-17-6-3-12(14)9-17)11-4-7-18-5-1-2-13(18)8-11/h1-2,4-5,7-8,12,14H,3,6,9-10H2,(H,16,19)/t12-,14?/m0/s1. The fourth-order valence-electron chi connectivity index (χ4n) is 3.37. The maximum Gasteiger partial charge on any atom is 0.251 e. The molecule has 3 atom stereocenters. The van der Waals surface area contributed by atoms with E-state index >= 15 is 0 Å². The van der Waals surface area contributed by atoms with Gasteiger partial charge in [-0.1, -0.05) is 0 Å². The van der Waals surface area contributed by atoms with Gasteiger partial charge in [0.25, 0.3) is 5.91 Å². The molecule has 98 valence electrons. The van der Waals surface area contributed by atoms with Crippen molar-refractivity contribution in [2.75, 3.05) is 19.6 Å². The van der Waals surface area contributed by atoms with Gasteiger partial charge < -0.3 is 14.6 Å². The second kappa shape index (κ2) is 4.10. The van der Waals surface area contributed by atoms with Crippen molar-refractivity contribution in [1.82, 2.24) is 14.6 Å². The Morgan fingerprint density at radius 3 is 3.00 bits per heavy atom. The number of rotatable bonds is 2. The van der Waals surface area contributed by atoms with Gasteiger partial charge in [-0.25, -0.2) is 0 Å². The van der Waals surface area contributed by atoms with Crippen LogP contribution >= 0.6 is 0 Å². The summed E-state index contributed by atoms with van der Waals surface area (Å²) in [6, 6.07) is 8.17. The number of amides is 1. The Labute approximate surface area is 112 Å². The zero-order chi connectivity index (χ0) is 12.8. The van der Waals surface area contributed by atoms with Crippen LogP contribution in [0.3, 0.4) is 0 Å². The molecule has 1 amide bonds. The summed E-state index contributed by atoms with van der Waals surface area (Å²) < 4.78 is 2.01. The number of carbonyl (C=O) groups is 1. The molecular formula is C15H17N3O. The van der Waals surface area contributed by atoms with Crippen molar-refractivity contribution in [2.45, 2.75) is 12.5 Å². The first-order chi connectivity index (χ1) is 9.29. The summed E-state index contributed by atoms with van der Waals surface area (Å²) in [7, 11) is 0. The molecule has 0 aromatic carbocycles. The minimum atomic E-state index is 0.0578. The Kier molecular flexibility index (Phi) is 2.38. The number of nitrogens with one attached hydrogen (secondary N) is 1. The van der Waals surface area contributed by atoms with Gasteiger partial charge in [0.1, 0.15) is 0 Å². The van der Waals surface area contributed by atoms with Crippen LogP contribution in [-0.2, 0) is 0 Å². The predicted octanol–water partition coefficient (Wildman–Crippen LogP) is 1.37. The zero-order valence-electron chi connectivity index (χ0n) is 10.7. The second-order valence-corrected chi connectivity index (χ2v) is 5.64. The Morgan fingerprint density at radius 1 is 1.26 bits per heavy atom. The van der Waals surface area contributed by atoms with Gasteiger partial charge in [0.15, 0.2) is 0 Å². The van der Waals surface area contributed by atoms with Crippen molar-refractivity contribution in [1.29, 1.82) is 0 Å². The van der Waals surface area contributed by atoms with Gasteiger partial charge in [-0.2, -0.15) is 0 Å². The highest BCUT2D eigenvalue weighted by Gasteiger charge is 2.38. The minimum absolute atomic E-state index is 0.0578. The normalized spacial score (nSPS) is 28.9. The molecule has 0 radical (unpaired) electrons. The van der Waals surface area contributed by atoms with Gasteiger partial charge in [0.05, 0.1) is 0 Å². The molecule has 2 unspecified atom stereocenters. The summed E-state index contributed by atoms with van der Waals surface area (Å²) in [6.45, 7) is 3.37. The largest absolute Gasteiger partial charge is 0.348 e. The Hall–Kier alpha value is -1.81. The van der Waals surface area contributed by atoms with Crippen LogP contribution in [0.15, 0.2) is 36.7 Å². The molecule has 0 aliphatic carbocycles. The molecule has 2 aliphatic rings. The lowest BCUT2D eigenvalue weighted by atomic mass is 10.00. The predicted molar refractivity (Wildman–Crippen MR) is 73.2 cm³/mol. The molecule has 2 saturated heterocycles. The smallest absolute Gasteiger partial charge is 0.251 e. The van der Waals surface area contributed by atoms with E-state index < -0.39 is 0 Å². The van der Waals surface area contributed by atoms with E-state index in [0.29, 0.717) is 12.0 Å². The summed E-state index contributed by atoms with van der Waals surface area (Å²) in [6.07, 6.45) is 5.15. The van der Waals surface area contributed by atoms with Crippen molar-refractivity contribution < 1.29 is 4.79 Å². The fraction of sp³-hybridized carbons (Fsp3) is 0.400. The van der Waals surface area contributed by atoms with Crippen molar-refractivity contribution in [3.8, 4) is 0 Å². The molecule has 0 saturated carbocycles. The minimum Gasteiger partial charge on any atom is -0.348 e. The molecular weight excluding hydrogens is 238 g/mol. The summed E-state index contributed by atoms with van der Waals surface area (Å²) in [5.74, 6) is 0.712. The Bertz CT molecular complexity index is 633. The number of aromatic nitrogens is 1. The summed E-state index contributed by atoms with van der Waals surface area (Å²) in [5, 5.41) is 3.19. The van der Waals surface area contributed by atoms with Crippen LogP contribution in [0.5, 0.6) is 0 Å². The lowest BCUT2D eigenvalue weighted by Gasteiger charge is -2.23. The summed E-state index contributed by atoms with van der Waals surface area (Å²) in [5.41, 5.74) is 1.81. The summed E-state index contributed by atoms with van der Waals surface area (Å²) in [4.78, 5) is 14.7. The van der Waals surface area contributed by atoms with Crippen LogP contribution in [-0.4, -0.2) is 40.9 Å². The first kappa shape index (κ1) is 11.1. The molecule has 0 spiro atoms. The fourth-order valence-corrected chi connectivity index (χ4v) is 3.37. The topological polar surface area (TPSA) is 36.8 Å². The molecule has 1 N–H and O–H groups in total. The number of hydrogen-bond donors (Lipinski definition) is 1. The number of piperidine rings is 1. The monoisotopic (exact) mass is 255 g/mol. The molecule has 2 aromatic rings. The van der Waals surface area contributed by atoms with Gasteiger partial charge >= 0.3 is 0 Å². The van der Waals surface area contributed by atoms with Crippen LogP contribution in [0.4, 0.5) is 0 Å². The number of fused-ring (bicyclic) bond motifs is 3. The first-order valence-electron chi connectivity index (χ1n) is 6.89. The SMILES string of the molecule is O=C(NC1CN2CC[C@H]1C2)c1ccn2cccc2c1. The van der Waals surface area contributed by atoms with Gasteiger partial charge in [-0.15, -0.1) is 0 Å². The van der Waals surface area contributed by atoms with Crippen molar-refractivity contribution in [3.63, 3.8) is 0 Å². The van der Waals surface area contributed by atoms with E-state index in [4.69, 9.17) is 0 Å². The van der Waals surface area contributed by atoms with Crippen LogP contribution in [0.1, 0.15) is 16.8 Å². The lowest BCUT2D eigenvalue weighted by molar-refractivity contribution is 0.0924. The maximum absolute atomic E-state index is 12.3. The van der Waals surface area contributed by atoms with E-state index in [-0.39, 0.29) is 5.91 Å². The average Bonchev–Trinajstić information content (AvgIpc) is 3.13. The van der Waals surface area contributed by atoms with Crippen LogP contribution in [0.2, 0.25) is 0 Å². The second-order valence-electron chi connectivity index (χ2n) is 5.64. The molecule has 4 heteroatoms. The third-order valence-electron chi connectivity index (χ3n) is 4.44. The van der Waals surface area contributed by atoms with Gasteiger partial charge in [0, 0.05) is 42.6 Å². The number of carbonyl (C=O) groups excluding carboxylic acids is 1. The average molecular weight is 255 g/mol. The van der Waals surface area contributed by atoms with Gasteiger partial charge in [0.2, 0.25) is 0 Å². The van der Waals surface area contributed by atoms with E-state index in [9.17, 15) is 4.79 Å². The molecule has 4 rings (SSSR count). The third-order valence-corrected chi connectivity index (χ3v) is 4.44. The van der Waals surface area contributed by atoms with Gasteiger partial charge in [-0.05, 0) is 43.1 Å². The molecule has 2 aromatic heterocycles. The highest BCUT2D eigenvalue weighted by molar-refractivity contribution is 5.95. The first-order valence-corrected chi connectivity index (χ1v) is 6.89. The van der Waals surface area contributed by atoms with Crippen LogP contribution < -0.4 is 5.32 Å². The Balaban J connectivity index is 1.53. The molecule has 2 fully saturated rings. The molecule has 4 heterocycles. The molecule has 2 aliphatic heterocycles. The van der Waals surface area contributed by atoms with E-state index in [1.165, 1.54) is 13.0 Å². The van der Waals surface area contributed by atoms with E-state index in [1.807, 2.05) is 41.1 Å². The number of pyridine rings is 1. The third kappa shape index (κ3) is 1.83. The van der Waals surface area contributed by atoms with Crippen molar-refractivity contribution in [3.05, 3.63) is 42.2 Å². The highest BCUT2D eigenvalue weighted by atomic mass is 16.1. The van der Waals surface area contributed by atoms with Crippen molar-refractivity contribution >= 4 is 11.4 Å². The highest BCUT2D eigenvalue weighted by Crippen LogP contribution is 2.27. The molecule has 2 bridgehead atoms. The lowest BCUT2D eigenvalue weighted by Crippen LogP contribution is -2.43. The van der Waals surface area contributed by atoms with E-state index in [1.54, 1.807) is 0 Å². The van der Waals surface area contributed by atoms with Gasteiger partial charge in [-0.3, -0.25) is 4.79 Å². The van der Waals surface area contributed by atoms with Crippen molar-refractivity contribution in [2.24, 2.45) is 5.92 Å². The molecule has 19 heavy (non-hydrogen) atoms. The number of nitrogens with zero attached hydrogens (tertiary/aromatic N) is 2. The van der Waals surface area contributed by atoms with E-state index in [0.717, 1.165) is 24.2 Å². The molecule has 4 nitrogen and oxygen atoms in total. The van der Waals surface area contributed by atoms with Crippen LogP contribution in [0, 0.1) is 5.92 Å². The van der Waals surface area contributed by atoms with Crippen LogP contribution in [0.25, 0.3) is 5.52 Å². The Morgan fingerprint density at radius 2 is 2.21 bits per heavy atom. The quantitative estimate of drug-likeness (QED) is 0.880. The summed E-state index contributed by atoms with van der Waals surface area (Å²) >= 11 is 0.